The van der Waals surface area contributed by atoms with Gasteiger partial charge in [0.25, 0.3) is 5.91 Å². The molecule has 0 aliphatic carbocycles. The number of benzene rings is 1. The van der Waals surface area contributed by atoms with Crippen molar-refractivity contribution < 1.29 is 9.21 Å². The fourth-order valence-corrected chi connectivity index (χ4v) is 2.47. The molecule has 1 aromatic carbocycles. The van der Waals surface area contributed by atoms with Crippen LogP contribution < -0.4 is 5.32 Å². The number of allylic oxidation sites excluding steroid dienone is 2. The molecule has 0 bridgehead atoms. The molecule has 0 saturated carbocycles. The molecule has 4 heteroatoms. The van der Waals surface area contributed by atoms with E-state index in [0.717, 1.165) is 22.4 Å². The molecule has 0 atom stereocenters. The number of nitrogens with zero attached hydrogens (tertiary/aromatic N) is 1. The smallest absolute Gasteiger partial charge is 0.272 e. The maximum atomic E-state index is 12.6. The Morgan fingerprint density at radius 3 is 2.65 bits per heavy atom. The van der Waals surface area contributed by atoms with Crippen molar-refractivity contribution in [2.45, 2.75) is 27.3 Å². The topological polar surface area (TPSA) is 47.2 Å². The van der Waals surface area contributed by atoms with Crippen molar-refractivity contribution in [1.82, 2.24) is 4.57 Å². The summed E-state index contributed by atoms with van der Waals surface area (Å²) < 4.78 is 7.41. The van der Waals surface area contributed by atoms with Crippen LogP contribution in [0.1, 0.15) is 29.9 Å². The number of furan rings is 1. The van der Waals surface area contributed by atoms with E-state index in [1.54, 1.807) is 12.3 Å². The van der Waals surface area contributed by atoms with Gasteiger partial charge in [-0.15, -0.1) is 0 Å². The van der Waals surface area contributed by atoms with Gasteiger partial charge >= 0.3 is 0 Å². The Kier molecular flexibility index (Phi) is 4.06. The average Bonchev–Trinajstić information content (AvgIpc) is 3.08. The lowest BCUT2D eigenvalue weighted by atomic mass is 10.2. The van der Waals surface area contributed by atoms with Crippen molar-refractivity contribution in [3.05, 3.63) is 65.6 Å². The Hall–Kier alpha value is -2.75. The van der Waals surface area contributed by atoms with E-state index in [2.05, 4.69) is 11.4 Å². The molecule has 2 heterocycles. The molecule has 0 aliphatic heterocycles. The normalized spacial score (nSPS) is 10.7. The van der Waals surface area contributed by atoms with Crippen LogP contribution in [-0.4, -0.2) is 10.5 Å². The fourth-order valence-electron chi connectivity index (χ4n) is 2.47. The number of aromatic nitrogens is 1. The summed E-state index contributed by atoms with van der Waals surface area (Å²) >= 11 is 0. The van der Waals surface area contributed by atoms with Gasteiger partial charge in [-0.2, -0.15) is 0 Å². The molecule has 0 aliphatic rings. The lowest BCUT2D eigenvalue weighted by molar-refractivity contribution is 0.101. The van der Waals surface area contributed by atoms with Crippen molar-refractivity contribution in [2.75, 3.05) is 5.32 Å². The van der Waals surface area contributed by atoms with Gasteiger partial charge in [-0.05, 0) is 32.9 Å². The molecule has 3 aromatic rings. The minimum Gasteiger partial charge on any atom is -0.463 e. The molecule has 0 saturated heterocycles. The zero-order valence-electron chi connectivity index (χ0n) is 13.6. The number of rotatable bonds is 4. The number of amides is 1. The van der Waals surface area contributed by atoms with E-state index < -0.39 is 0 Å². The Morgan fingerprint density at radius 1 is 1.22 bits per heavy atom. The second-order valence-corrected chi connectivity index (χ2v) is 5.91. The first-order valence-corrected chi connectivity index (χ1v) is 7.63. The van der Waals surface area contributed by atoms with Gasteiger partial charge in [-0.3, -0.25) is 4.79 Å². The minimum absolute atomic E-state index is 0.137. The number of anilines is 1. The highest BCUT2D eigenvalue weighted by Gasteiger charge is 2.17. The van der Waals surface area contributed by atoms with E-state index in [1.165, 1.54) is 5.57 Å². The van der Waals surface area contributed by atoms with Crippen LogP contribution >= 0.6 is 0 Å². The molecule has 0 radical (unpaired) electrons. The third kappa shape index (κ3) is 3.21. The zero-order chi connectivity index (χ0) is 16.4. The largest absolute Gasteiger partial charge is 0.463 e. The summed E-state index contributed by atoms with van der Waals surface area (Å²) in [5.74, 6) is -0.137. The number of carbonyl (C=O) groups excluding carboxylic acids is 1. The summed E-state index contributed by atoms with van der Waals surface area (Å²) in [6.07, 6.45) is 3.74. The van der Waals surface area contributed by atoms with Crippen molar-refractivity contribution in [3.8, 4) is 0 Å². The van der Waals surface area contributed by atoms with E-state index in [1.807, 2.05) is 55.7 Å². The molecule has 23 heavy (non-hydrogen) atoms. The van der Waals surface area contributed by atoms with Gasteiger partial charge in [0.05, 0.1) is 11.8 Å². The predicted octanol–water partition coefficient (Wildman–Crippen LogP) is 4.76. The molecular weight excluding hydrogens is 288 g/mol. The van der Waals surface area contributed by atoms with Crippen LogP contribution in [0.4, 0.5) is 5.69 Å². The third-order valence-electron chi connectivity index (χ3n) is 3.75. The van der Waals surface area contributed by atoms with E-state index in [4.69, 9.17) is 4.42 Å². The molecule has 0 unspecified atom stereocenters. The summed E-state index contributed by atoms with van der Waals surface area (Å²) in [4.78, 5) is 12.6. The first-order valence-electron chi connectivity index (χ1n) is 7.63. The summed E-state index contributed by atoms with van der Waals surface area (Å²) in [7, 11) is 0. The number of hydrogen-bond acceptors (Lipinski definition) is 2. The Bertz CT molecular complexity index is 863. The lowest BCUT2D eigenvalue weighted by Crippen LogP contribution is -2.16. The Labute approximate surface area is 135 Å². The van der Waals surface area contributed by atoms with Gasteiger partial charge in [0.15, 0.2) is 5.58 Å². The van der Waals surface area contributed by atoms with Crippen LogP contribution in [0.5, 0.6) is 0 Å². The molecular formula is C19H20N2O2. The standard InChI is InChI=1S/C19H20N2O2/c1-13(2)8-10-21-16-9-11-23-18(16)12-17(21)19(22)20-15-6-4-14(3)5-7-15/h4-9,11-12H,10H2,1-3H3,(H,20,22). The van der Waals surface area contributed by atoms with Crippen molar-refractivity contribution >= 4 is 22.7 Å². The van der Waals surface area contributed by atoms with Crippen LogP contribution in [0.3, 0.4) is 0 Å². The summed E-state index contributed by atoms with van der Waals surface area (Å²) in [5, 5.41) is 2.94. The highest BCUT2D eigenvalue weighted by molar-refractivity contribution is 6.05. The predicted molar refractivity (Wildman–Crippen MR) is 92.8 cm³/mol. The molecule has 4 nitrogen and oxygen atoms in total. The van der Waals surface area contributed by atoms with Crippen molar-refractivity contribution in [2.24, 2.45) is 0 Å². The molecule has 118 valence electrons. The van der Waals surface area contributed by atoms with Crippen molar-refractivity contribution in [1.29, 1.82) is 0 Å². The summed E-state index contributed by atoms with van der Waals surface area (Å²) in [6, 6.07) is 11.4. The molecule has 1 N–H and O–H groups in total. The third-order valence-corrected chi connectivity index (χ3v) is 3.75. The van der Waals surface area contributed by atoms with Gasteiger partial charge in [-0.1, -0.05) is 29.3 Å². The molecule has 0 spiro atoms. The summed E-state index contributed by atoms with van der Waals surface area (Å²) in [6.45, 7) is 6.75. The first kappa shape index (κ1) is 15.2. The summed E-state index contributed by atoms with van der Waals surface area (Å²) in [5.41, 5.74) is 5.40. The second-order valence-electron chi connectivity index (χ2n) is 5.91. The van der Waals surface area contributed by atoms with Gasteiger partial charge in [0.2, 0.25) is 0 Å². The van der Waals surface area contributed by atoms with E-state index >= 15 is 0 Å². The zero-order valence-corrected chi connectivity index (χ0v) is 13.6. The van der Waals surface area contributed by atoms with E-state index in [9.17, 15) is 4.79 Å². The van der Waals surface area contributed by atoms with Crippen LogP contribution in [0.15, 0.2) is 58.7 Å². The highest BCUT2D eigenvalue weighted by atomic mass is 16.3. The van der Waals surface area contributed by atoms with Gasteiger partial charge < -0.3 is 14.3 Å². The Balaban J connectivity index is 1.92. The fraction of sp³-hybridized carbons (Fsp3) is 0.211. The monoisotopic (exact) mass is 308 g/mol. The van der Waals surface area contributed by atoms with Crippen LogP contribution in [0.2, 0.25) is 0 Å². The Morgan fingerprint density at radius 2 is 1.96 bits per heavy atom. The first-order chi connectivity index (χ1) is 11.0. The quantitative estimate of drug-likeness (QED) is 0.706. The number of fused-ring (bicyclic) bond motifs is 1. The number of carbonyl (C=O) groups is 1. The number of nitrogens with one attached hydrogen (secondary N) is 1. The minimum atomic E-state index is -0.137. The molecule has 0 fully saturated rings. The van der Waals surface area contributed by atoms with Crippen LogP contribution in [0, 0.1) is 6.92 Å². The molecule has 2 aromatic heterocycles. The van der Waals surface area contributed by atoms with Crippen LogP contribution in [0.25, 0.3) is 11.1 Å². The van der Waals surface area contributed by atoms with E-state index in [-0.39, 0.29) is 5.91 Å². The van der Waals surface area contributed by atoms with Gasteiger partial charge in [0, 0.05) is 24.4 Å². The molecule has 3 rings (SSSR count). The van der Waals surface area contributed by atoms with Gasteiger partial charge in [-0.25, -0.2) is 0 Å². The maximum Gasteiger partial charge on any atom is 0.272 e. The van der Waals surface area contributed by atoms with Crippen molar-refractivity contribution in [3.63, 3.8) is 0 Å². The average molecular weight is 308 g/mol. The molecule has 1 amide bonds. The number of aryl methyl sites for hydroxylation is 1. The van der Waals surface area contributed by atoms with Crippen LogP contribution in [-0.2, 0) is 6.54 Å². The maximum absolute atomic E-state index is 12.6. The second kappa shape index (κ2) is 6.16. The lowest BCUT2D eigenvalue weighted by Gasteiger charge is -2.09. The van der Waals surface area contributed by atoms with Gasteiger partial charge in [0.1, 0.15) is 5.69 Å². The highest BCUT2D eigenvalue weighted by Crippen LogP contribution is 2.22. The SMILES string of the molecule is CC(C)=CCn1c(C(=O)Nc2ccc(C)cc2)cc2occc21. The number of hydrogen-bond donors (Lipinski definition) is 1. The van der Waals surface area contributed by atoms with E-state index in [0.29, 0.717) is 12.2 Å².